The van der Waals surface area contributed by atoms with Gasteiger partial charge < -0.3 is 4.74 Å². The standard InChI is InChI=1S/C15H18ClN3O2S/c1-4-21-15(20)12(7-17)14(22-10(2)3)19-9-11-5-6-13(16)18-8-11/h5-6,8,10,12H,4,9H2,1-3H3/t12-/m0/s1. The van der Waals surface area contributed by atoms with Gasteiger partial charge in [-0.3, -0.25) is 9.79 Å². The second kappa shape index (κ2) is 9.44. The molecule has 0 N–H and O–H groups in total. The van der Waals surface area contributed by atoms with Gasteiger partial charge in [-0.05, 0) is 18.6 Å². The lowest BCUT2D eigenvalue weighted by molar-refractivity contribution is -0.143. The summed E-state index contributed by atoms with van der Waals surface area (Å²) in [6.45, 7) is 6.22. The molecule has 0 unspecified atom stereocenters. The summed E-state index contributed by atoms with van der Waals surface area (Å²) in [6, 6.07) is 5.46. The monoisotopic (exact) mass is 339 g/mol. The lowest BCUT2D eigenvalue weighted by Gasteiger charge is -2.13. The Kier molecular flexibility index (Phi) is 7.92. The fourth-order valence-corrected chi connectivity index (χ4v) is 2.56. The van der Waals surface area contributed by atoms with Gasteiger partial charge >= 0.3 is 5.97 Å². The van der Waals surface area contributed by atoms with E-state index in [1.54, 1.807) is 19.2 Å². The Hall–Kier alpha value is -1.58. The highest BCUT2D eigenvalue weighted by Gasteiger charge is 2.26. The zero-order valence-electron chi connectivity index (χ0n) is 12.7. The maximum absolute atomic E-state index is 11.9. The van der Waals surface area contributed by atoms with E-state index in [0.717, 1.165) is 5.56 Å². The predicted molar refractivity (Wildman–Crippen MR) is 88.8 cm³/mol. The molecule has 0 aliphatic carbocycles. The van der Waals surface area contributed by atoms with E-state index in [1.807, 2.05) is 26.0 Å². The highest BCUT2D eigenvalue weighted by Crippen LogP contribution is 2.21. The van der Waals surface area contributed by atoms with E-state index in [-0.39, 0.29) is 11.9 Å². The molecule has 0 radical (unpaired) electrons. The summed E-state index contributed by atoms with van der Waals surface area (Å²) in [5.74, 6) is -1.56. The largest absolute Gasteiger partial charge is 0.465 e. The number of nitrogens with zero attached hydrogens (tertiary/aromatic N) is 3. The number of nitriles is 1. The smallest absolute Gasteiger partial charge is 0.330 e. The fraction of sp³-hybridized carbons (Fsp3) is 0.467. The number of hydrogen-bond donors (Lipinski definition) is 0. The first-order valence-corrected chi connectivity index (χ1v) is 8.11. The summed E-state index contributed by atoms with van der Waals surface area (Å²) in [7, 11) is 0. The molecule has 1 aromatic heterocycles. The van der Waals surface area contributed by atoms with Crippen LogP contribution in [-0.2, 0) is 16.1 Å². The van der Waals surface area contributed by atoms with Gasteiger partial charge in [-0.2, -0.15) is 5.26 Å². The van der Waals surface area contributed by atoms with Crippen LogP contribution < -0.4 is 0 Å². The first-order chi connectivity index (χ1) is 10.5. The van der Waals surface area contributed by atoms with Crippen LogP contribution in [0.2, 0.25) is 5.15 Å². The molecule has 1 rings (SSSR count). The fourth-order valence-electron chi connectivity index (χ4n) is 1.54. The van der Waals surface area contributed by atoms with E-state index in [1.165, 1.54) is 11.8 Å². The number of pyridine rings is 1. The molecule has 0 bridgehead atoms. The van der Waals surface area contributed by atoms with E-state index in [9.17, 15) is 10.1 Å². The van der Waals surface area contributed by atoms with Crippen molar-refractivity contribution < 1.29 is 9.53 Å². The van der Waals surface area contributed by atoms with Crippen LogP contribution in [0, 0.1) is 17.2 Å². The summed E-state index contributed by atoms with van der Waals surface area (Å²) in [6.07, 6.45) is 1.62. The van der Waals surface area contributed by atoms with Crippen LogP contribution in [0.1, 0.15) is 26.3 Å². The third kappa shape index (κ3) is 6.04. The number of aliphatic imine (C=N–C) groups is 1. The number of ether oxygens (including phenoxy) is 1. The Morgan fingerprint density at radius 3 is 2.77 bits per heavy atom. The summed E-state index contributed by atoms with van der Waals surface area (Å²) in [4.78, 5) is 20.3. The molecule has 7 heteroatoms. The zero-order valence-corrected chi connectivity index (χ0v) is 14.3. The van der Waals surface area contributed by atoms with Crippen molar-refractivity contribution in [2.75, 3.05) is 6.61 Å². The topological polar surface area (TPSA) is 75.3 Å². The van der Waals surface area contributed by atoms with E-state index in [0.29, 0.717) is 16.7 Å². The van der Waals surface area contributed by atoms with Crippen molar-refractivity contribution >= 4 is 34.4 Å². The van der Waals surface area contributed by atoms with Crippen LogP contribution in [0.15, 0.2) is 23.3 Å². The van der Waals surface area contributed by atoms with Crippen LogP contribution in [-0.4, -0.2) is 27.9 Å². The zero-order chi connectivity index (χ0) is 16.5. The maximum Gasteiger partial charge on any atom is 0.330 e. The number of carbonyl (C=O) groups excluding carboxylic acids is 1. The number of halogens is 1. The van der Waals surface area contributed by atoms with Gasteiger partial charge in [0.1, 0.15) is 5.15 Å². The molecule has 118 valence electrons. The highest BCUT2D eigenvalue weighted by atomic mass is 35.5. The molecule has 0 saturated carbocycles. The number of rotatable bonds is 6. The van der Waals surface area contributed by atoms with Crippen LogP contribution >= 0.6 is 23.4 Å². The third-order valence-electron chi connectivity index (χ3n) is 2.46. The summed E-state index contributed by atoms with van der Waals surface area (Å²) >= 11 is 7.13. The van der Waals surface area contributed by atoms with Crippen molar-refractivity contribution in [3.8, 4) is 6.07 Å². The summed E-state index contributed by atoms with van der Waals surface area (Å²) in [5, 5.41) is 10.3. The van der Waals surface area contributed by atoms with Crippen LogP contribution in [0.25, 0.3) is 0 Å². The van der Waals surface area contributed by atoms with Gasteiger partial charge in [-0.15, -0.1) is 11.8 Å². The quantitative estimate of drug-likeness (QED) is 0.343. The Bertz CT molecular complexity index is 567. The van der Waals surface area contributed by atoms with Crippen molar-refractivity contribution in [1.29, 1.82) is 5.26 Å². The molecule has 0 aliphatic rings. The summed E-state index contributed by atoms with van der Waals surface area (Å²) < 4.78 is 4.94. The molecular weight excluding hydrogens is 322 g/mol. The van der Waals surface area contributed by atoms with E-state index in [2.05, 4.69) is 9.98 Å². The molecule has 0 amide bonds. The first-order valence-electron chi connectivity index (χ1n) is 6.85. The van der Waals surface area contributed by atoms with Gasteiger partial charge in [0.25, 0.3) is 0 Å². The Morgan fingerprint density at radius 1 is 1.55 bits per heavy atom. The van der Waals surface area contributed by atoms with Crippen molar-refractivity contribution in [2.45, 2.75) is 32.6 Å². The molecule has 0 aliphatic heterocycles. The number of hydrogen-bond acceptors (Lipinski definition) is 6. The second-order valence-electron chi connectivity index (χ2n) is 4.62. The average molecular weight is 340 g/mol. The van der Waals surface area contributed by atoms with Gasteiger partial charge in [0.15, 0.2) is 5.92 Å². The molecule has 0 fully saturated rings. The lowest BCUT2D eigenvalue weighted by Crippen LogP contribution is -2.24. The number of thioether (sulfide) groups is 1. The first kappa shape index (κ1) is 18.5. The van der Waals surface area contributed by atoms with Gasteiger partial charge in [0.2, 0.25) is 0 Å². The second-order valence-corrected chi connectivity index (χ2v) is 6.61. The molecule has 22 heavy (non-hydrogen) atoms. The molecular formula is C15H18ClN3O2S. The number of aromatic nitrogens is 1. The normalized spacial score (nSPS) is 12.8. The third-order valence-corrected chi connectivity index (χ3v) is 3.76. The van der Waals surface area contributed by atoms with Crippen LogP contribution in [0.5, 0.6) is 0 Å². The Balaban J connectivity index is 2.95. The maximum atomic E-state index is 11.9. The predicted octanol–water partition coefficient (Wildman–Crippen LogP) is 3.48. The number of carbonyl (C=O) groups is 1. The van der Waals surface area contributed by atoms with Crippen molar-refractivity contribution in [3.05, 3.63) is 29.0 Å². The van der Waals surface area contributed by atoms with Gasteiger partial charge in [-0.1, -0.05) is 31.5 Å². The minimum atomic E-state index is -0.993. The molecule has 5 nitrogen and oxygen atoms in total. The highest BCUT2D eigenvalue weighted by molar-refractivity contribution is 8.14. The Morgan fingerprint density at radius 2 is 2.27 bits per heavy atom. The van der Waals surface area contributed by atoms with Gasteiger partial charge in [-0.25, -0.2) is 4.98 Å². The van der Waals surface area contributed by atoms with E-state index in [4.69, 9.17) is 16.3 Å². The van der Waals surface area contributed by atoms with Crippen molar-refractivity contribution in [1.82, 2.24) is 4.98 Å². The Labute approximate surface area is 139 Å². The molecule has 1 heterocycles. The van der Waals surface area contributed by atoms with Crippen molar-refractivity contribution in [3.63, 3.8) is 0 Å². The minimum Gasteiger partial charge on any atom is -0.465 e. The average Bonchev–Trinajstić information content (AvgIpc) is 2.46. The van der Waals surface area contributed by atoms with Crippen molar-refractivity contribution in [2.24, 2.45) is 10.9 Å². The van der Waals surface area contributed by atoms with Crippen LogP contribution in [0.3, 0.4) is 0 Å². The summed E-state index contributed by atoms with van der Waals surface area (Å²) in [5.41, 5.74) is 0.854. The SMILES string of the molecule is CCOC(=O)[C@@H](C#N)C(=NCc1ccc(Cl)nc1)SC(C)C. The number of esters is 1. The minimum absolute atomic E-state index is 0.201. The van der Waals surface area contributed by atoms with Gasteiger partial charge in [0.05, 0.1) is 24.3 Å². The molecule has 0 saturated heterocycles. The molecule has 0 spiro atoms. The molecule has 1 aromatic rings. The van der Waals surface area contributed by atoms with Gasteiger partial charge in [0, 0.05) is 11.4 Å². The van der Waals surface area contributed by atoms with Crippen LogP contribution in [0.4, 0.5) is 0 Å². The lowest BCUT2D eigenvalue weighted by atomic mass is 10.2. The van der Waals surface area contributed by atoms with E-state index >= 15 is 0 Å². The molecule has 1 atom stereocenters. The van der Waals surface area contributed by atoms with E-state index < -0.39 is 11.9 Å². The molecule has 0 aromatic carbocycles.